The summed E-state index contributed by atoms with van der Waals surface area (Å²) in [6.45, 7) is 0.117. The van der Waals surface area contributed by atoms with Crippen molar-refractivity contribution in [3.63, 3.8) is 0 Å². The molecule has 3 amide bonds. The van der Waals surface area contributed by atoms with Gasteiger partial charge in [0.2, 0.25) is 11.8 Å². The minimum atomic E-state index is -1.75. The summed E-state index contributed by atoms with van der Waals surface area (Å²) in [7, 11) is 0. The molecule has 0 aliphatic carbocycles. The van der Waals surface area contributed by atoms with Crippen LogP contribution in [0, 0.1) is 0 Å². The lowest BCUT2D eigenvalue weighted by molar-refractivity contribution is -0.136. The first-order valence-electron chi connectivity index (χ1n) is 6.47. The number of carbonyl (C=O) groups excluding carboxylic acids is 3. The van der Waals surface area contributed by atoms with Gasteiger partial charge in [-0.05, 0) is 18.6 Å². The van der Waals surface area contributed by atoms with Crippen LogP contribution in [0.3, 0.4) is 0 Å². The molecule has 0 saturated carbocycles. The molecule has 1 aromatic rings. The number of nitrogens with zero attached hydrogens (tertiary/aromatic N) is 1. The third-order valence-corrected chi connectivity index (χ3v) is 3.43. The molecule has 6 nitrogen and oxygen atoms in total. The van der Waals surface area contributed by atoms with Gasteiger partial charge in [0.1, 0.15) is 6.02 Å². The molecule has 98 valence electrons. The van der Waals surface area contributed by atoms with Crippen molar-refractivity contribution in [2.24, 2.45) is 0 Å². The fraction of sp³-hybridized carbons (Fsp3) is 0.308. The highest BCUT2D eigenvalue weighted by molar-refractivity contribution is 6.06. The number of hydrogen-bond acceptors (Lipinski definition) is 4. The van der Waals surface area contributed by atoms with Gasteiger partial charge < -0.3 is 10.6 Å². The SMILES string of the molecule is [2H]C1(N2Cc3c(N)cccc3C2=O)CCC(=O)NC1=O. The van der Waals surface area contributed by atoms with E-state index in [2.05, 4.69) is 5.32 Å². The van der Waals surface area contributed by atoms with Crippen LogP contribution in [0.4, 0.5) is 5.69 Å². The molecule has 1 atom stereocenters. The Morgan fingerprint density at radius 1 is 1.37 bits per heavy atom. The van der Waals surface area contributed by atoms with Crippen molar-refractivity contribution >= 4 is 23.4 Å². The summed E-state index contributed by atoms with van der Waals surface area (Å²) in [6.07, 6.45) is 0.0438. The van der Waals surface area contributed by atoms with Crippen molar-refractivity contribution in [3.05, 3.63) is 29.3 Å². The van der Waals surface area contributed by atoms with Gasteiger partial charge in [0, 0.05) is 29.8 Å². The number of anilines is 1. The minimum absolute atomic E-state index is 0.00268. The number of nitrogens with two attached hydrogens (primary N) is 1. The Morgan fingerprint density at radius 3 is 2.84 bits per heavy atom. The smallest absolute Gasteiger partial charge is 0.255 e. The predicted molar refractivity (Wildman–Crippen MR) is 66.9 cm³/mol. The molecular formula is C13H13N3O3. The Hall–Kier alpha value is -2.37. The van der Waals surface area contributed by atoms with Crippen LogP contribution in [-0.2, 0) is 16.1 Å². The van der Waals surface area contributed by atoms with Crippen LogP contribution in [0.15, 0.2) is 18.2 Å². The van der Waals surface area contributed by atoms with Gasteiger partial charge in [-0.25, -0.2) is 0 Å². The highest BCUT2D eigenvalue weighted by atomic mass is 16.2. The van der Waals surface area contributed by atoms with Crippen molar-refractivity contribution in [3.8, 4) is 0 Å². The Labute approximate surface area is 111 Å². The summed E-state index contributed by atoms with van der Waals surface area (Å²) in [6, 6.07) is 3.22. The predicted octanol–water partition coefficient (Wildman–Crippen LogP) is 0.0298. The average molecular weight is 260 g/mol. The van der Waals surface area contributed by atoms with Crippen LogP contribution in [0.25, 0.3) is 0 Å². The Balaban J connectivity index is 1.98. The molecule has 1 saturated heterocycles. The summed E-state index contributed by atoms with van der Waals surface area (Å²) in [4.78, 5) is 36.7. The second-order valence-corrected chi connectivity index (χ2v) is 4.59. The van der Waals surface area contributed by atoms with Gasteiger partial charge in [0.15, 0.2) is 0 Å². The number of piperidine rings is 1. The number of rotatable bonds is 1. The molecule has 0 spiro atoms. The van der Waals surface area contributed by atoms with E-state index in [-0.39, 0.29) is 19.4 Å². The van der Waals surface area contributed by atoms with Crippen LogP contribution in [-0.4, -0.2) is 28.6 Å². The number of hydrogen-bond donors (Lipinski definition) is 2. The van der Waals surface area contributed by atoms with Crippen molar-refractivity contribution in [1.29, 1.82) is 0 Å². The maximum Gasteiger partial charge on any atom is 0.255 e. The number of benzene rings is 1. The number of fused-ring (bicyclic) bond motifs is 1. The quantitative estimate of drug-likeness (QED) is 0.550. The lowest BCUT2D eigenvalue weighted by atomic mass is 10.0. The lowest BCUT2D eigenvalue weighted by Crippen LogP contribution is -2.52. The van der Waals surface area contributed by atoms with Gasteiger partial charge in [-0.2, -0.15) is 0 Å². The standard InChI is InChI=1S/C13H13N3O3/c14-9-3-1-2-7-8(9)6-16(13(7)19)10-4-5-11(17)15-12(10)18/h1-3,10H,4-6,14H2,(H,15,17,18)/i10D. The number of nitrogen functional groups attached to an aromatic ring is 1. The molecular weight excluding hydrogens is 246 g/mol. The fourth-order valence-electron chi connectivity index (χ4n) is 2.44. The zero-order chi connectivity index (χ0) is 14.5. The highest BCUT2D eigenvalue weighted by Gasteiger charge is 2.39. The summed E-state index contributed by atoms with van der Waals surface area (Å²) in [5.74, 6) is -1.57. The zero-order valence-corrected chi connectivity index (χ0v) is 10.1. The zero-order valence-electron chi connectivity index (χ0n) is 11.1. The largest absolute Gasteiger partial charge is 0.398 e. The van der Waals surface area contributed by atoms with E-state index in [1.54, 1.807) is 18.2 Å². The van der Waals surface area contributed by atoms with Crippen molar-refractivity contribution < 1.29 is 15.8 Å². The maximum atomic E-state index is 12.4. The van der Waals surface area contributed by atoms with Gasteiger partial charge >= 0.3 is 0 Å². The molecule has 2 heterocycles. The van der Waals surface area contributed by atoms with E-state index >= 15 is 0 Å². The van der Waals surface area contributed by atoms with E-state index in [1.165, 1.54) is 4.90 Å². The average Bonchev–Trinajstić information content (AvgIpc) is 2.75. The maximum absolute atomic E-state index is 12.4. The van der Waals surface area contributed by atoms with E-state index in [0.29, 0.717) is 16.8 Å². The fourth-order valence-corrected chi connectivity index (χ4v) is 2.44. The van der Waals surface area contributed by atoms with Gasteiger partial charge in [-0.3, -0.25) is 19.7 Å². The Kier molecular flexibility index (Phi) is 2.26. The monoisotopic (exact) mass is 260 g/mol. The lowest BCUT2D eigenvalue weighted by Gasteiger charge is -2.29. The van der Waals surface area contributed by atoms with Gasteiger partial charge in [-0.15, -0.1) is 0 Å². The molecule has 1 unspecified atom stereocenters. The normalized spacial score (nSPS) is 27.1. The first-order valence-corrected chi connectivity index (χ1v) is 5.97. The van der Waals surface area contributed by atoms with Crippen molar-refractivity contribution in [2.75, 3.05) is 5.73 Å². The highest BCUT2D eigenvalue weighted by Crippen LogP contribution is 2.30. The summed E-state index contributed by atoms with van der Waals surface area (Å²) >= 11 is 0. The van der Waals surface area contributed by atoms with E-state index in [9.17, 15) is 14.4 Å². The molecule has 3 rings (SSSR count). The van der Waals surface area contributed by atoms with Gasteiger partial charge in [0.05, 0.1) is 1.37 Å². The van der Waals surface area contributed by atoms with Crippen molar-refractivity contribution in [1.82, 2.24) is 10.2 Å². The van der Waals surface area contributed by atoms with Crippen LogP contribution in [0.5, 0.6) is 0 Å². The van der Waals surface area contributed by atoms with Gasteiger partial charge in [0.25, 0.3) is 5.91 Å². The van der Waals surface area contributed by atoms with Crippen molar-refractivity contribution in [2.45, 2.75) is 25.4 Å². The van der Waals surface area contributed by atoms with Gasteiger partial charge in [-0.1, -0.05) is 6.07 Å². The molecule has 19 heavy (non-hydrogen) atoms. The topological polar surface area (TPSA) is 92.5 Å². The van der Waals surface area contributed by atoms with E-state index in [0.717, 1.165) is 0 Å². The summed E-state index contributed by atoms with van der Waals surface area (Å²) in [5, 5.41) is 2.12. The second-order valence-electron chi connectivity index (χ2n) is 4.59. The Morgan fingerprint density at radius 2 is 2.16 bits per heavy atom. The van der Waals surface area contributed by atoms with Crippen LogP contribution in [0.2, 0.25) is 0 Å². The first-order chi connectivity index (χ1) is 9.43. The van der Waals surface area contributed by atoms with E-state index < -0.39 is 23.7 Å². The molecule has 6 heteroatoms. The molecule has 0 bridgehead atoms. The number of carbonyl (C=O) groups is 3. The van der Waals surface area contributed by atoms with E-state index in [4.69, 9.17) is 7.10 Å². The number of nitrogens with one attached hydrogen (secondary N) is 1. The van der Waals surface area contributed by atoms with Crippen LogP contribution in [0.1, 0.15) is 30.1 Å². The van der Waals surface area contributed by atoms with Crippen LogP contribution >= 0.6 is 0 Å². The summed E-state index contributed by atoms with van der Waals surface area (Å²) in [5.41, 5.74) is 7.35. The molecule has 2 aliphatic rings. The Bertz CT molecular complexity index is 646. The van der Waals surface area contributed by atoms with E-state index in [1.807, 2.05) is 0 Å². The first kappa shape index (κ1) is 10.5. The molecule has 1 fully saturated rings. The molecule has 0 radical (unpaired) electrons. The number of amides is 3. The number of imide groups is 1. The minimum Gasteiger partial charge on any atom is -0.398 e. The van der Waals surface area contributed by atoms with Crippen LogP contribution < -0.4 is 11.1 Å². The molecule has 1 aromatic carbocycles. The second kappa shape index (κ2) is 4.08. The third-order valence-electron chi connectivity index (χ3n) is 3.43. The molecule has 2 aliphatic heterocycles. The summed E-state index contributed by atoms with van der Waals surface area (Å²) < 4.78 is 8.29. The third kappa shape index (κ3) is 1.76. The molecule has 3 N–H and O–H groups in total. The molecule has 0 aromatic heterocycles.